The van der Waals surface area contributed by atoms with Gasteiger partial charge in [-0.1, -0.05) is 72.8 Å². The fraction of sp³-hybridized carbons (Fsp3) is 0.395. The van der Waals surface area contributed by atoms with E-state index in [2.05, 4.69) is 29.2 Å². The van der Waals surface area contributed by atoms with Crippen molar-refractivity contribution in [3.8, 4) is 0 Å². The number of aliphatic hydroxyl groups is 1. The first-order valence-electron chi connectivity index (χ1n) is 16.2. The lowest BCUT2D eigenvalue weighted by Gasteiger charge is -2.28. The monoisotopic (exact) mass is 622 g/mol. The standard InChI is InChI=1S/C38H42N2O4S/c1-26-25-45-37(39-26)34-16-9-19-40(34)38(43)31-15-8-14-29(21-31)35(41)23-32(20-27-10-4-2-5-11-27)36(42)30-17-18-33(22-30)44-24-28-12-6-3-7-13-28/h2-8,10-15,21,25,30,32-34,36,42H,9,16-20,22-24H2,1H3/t30-,32-,33+,34?,36-/m1/s1. The van der Waals surface area contributed by atoms with Gasteiger partial charge in [-0.05, 0) is 80.5 Å². The van der Waals surface area contributed by atoms with Crippen LogP contribution in [-0.2, 0) is 17.8 Å². The zero-order valence-corrected chi connectivity index (χ0v) is 26.7. The minimum Gasteiger partial charge on any atom is -0.393 e. The molecule has 6 nitrogen and oxygen atoms in total. The largest absolute Gasteiger partial charge is 0.393 e. The van der Waals surface area contributed by atoms with Gasteiger partial charge in [0.05, 0.1) is 24.9 Å². The molecule has 3 aromatic carbocycles. The summed E-state index contributed by atoms with van der Waals surface area (Å²) in [5.74, 6) is -0.281. The van der Waals surface area contributed by atoms with Gasteiger partial charge in [-0.2, -0.15) is 0 Å². The average molecular weight is 623 g/mol. The van der Waals surface area contributed by atoms with Gasteiger partial charge in [0.15, 0.2) is 5.78 Å². The fourth-order valence-corrected chi connectivity index (χ4v) is 7.92. The van der Waals surface area contributed by atoms with Gasteiger partial charge in [-0.25, -0.2) is 4.98 Å². The normalized spacial score (nSPS) is 21.1. The number of hydrogen-bond acceptors (Lipinski definition) is 6. The Kier molecular flexibility index (Phi) is 10.2. The molecule has 45 heavy (non-hydrogen) atoms. The third-order valence-electron chi connectivity index (χ3n) is 9.37. The van der Waals surface area contributed by atoms with Crippen molar-refractivity contribution in [2.24, 2.45) is 11.8 Å². The summed E-state index contributed by atoms with van der Waals surface area (Å²) in [7, 11) is 0. The van der Waals surface area contributed by atoms with E-state index >= 15 is 0 Å². The van der Waals surface area contributed by atoms with Crippen LogP contribution in [0.3, 0.4) is 0 Å². The van der Waals surface area contributed by atoms with Crippen LogP contribution in [0, 0.1) is 18.8 Å². The van der Waals surface area contributed by atoms with E-state index in [1.54, 1.807) is 35.6 Å². The Morgan fingerprint density at radius 2 is 1.69 bits per heavy atom. The molecule has 4 aromatic rings. The average Bonchev–Trinajstić information content (AvgIpc) is 3.85. The number of rotatable bonds is 12. The topological polar surface area (TPSA) is 79.7 Å². The van der Waals surface area contributed by atoms with Gasteiger partial charge in [0.2, 0.25) is 0 Å². The highest BCUT2D eigenvalue weighted by molar-refractivity contribution is 7.09. The van der Waals surface area contributed by atoms with Crippen LogP contribution in [0.15, 0.2) is 90.3 Å². The van der Waals surface area contributed by atoms with Gasteiger partial charge in [0.25, 0.3) is 5.91 Å². The van der Waals surface area contributed by atoms with Crippen molar-refractivity contribution in [1.29, 1.82) is 0 Å². The molecule has 2 heterocycles. The molecule has 1 aliphatic carbocycles. The lowest BCUT2D eigenvalue weighted by atomic mass is 9.81. The molecular weight excluding hydrogens is 580 g/mol. The molecule has 7 heteroatoms. The zero-order valence-electron chi connectivity index (χ0n) is 25.9. The van der Waals surface area contributed by atoms with Crippen LogP contribution in [0.1, 0.15) is 87.1 Å². The third-order valence-corrected chi connectivity index (χ3v) is 10.4. The second-order valence-electron chi connectivity index (χ2n) is 12.6. The minimum absolute atomic E-state index is 0.0205. The summed E-state index contributed by atoms with van der Waals surface area (Å²) in [5, 5.41) is 14.7. The van der Waals surface area contributed by atoms with Crippen molar-refractivity contribution in [3.63, 3.8) is 0 Å². The molecule has 1 aliphatic heterocycles. The number of carbonyl (C=O) groups is 2. The molecule has 2 fully saturated rings. The van der Waals surface area contributed by atoms with Crippen LogP contribution in [0.25, 0.3) is 0 Å². The number of amides is 1. The molecule has 1 amide bonds. The first-order chi connectivity index (χ1) is 21.9. The van der Waals surface area contributed by atoms with Crippen molar-refractivity contribution in [3.05, 3.63) is 123 Å². The molecule has 0 bridgehead atoms. The molecule has 1 unspecified atom stereocenters. The molecule has 234 valence electrons. The molecule has 2 aliphatic rings. The Labute approximate surface area is 270 Å². The van der Waals surface area contributed by atoms with E-state index in [-0.39, 0.29) is 42.1 Å². The van der Waals surface area contributed by atoms with Gasteiger partial charge >= 0.3 is 0 Å². The molecule has 1 aromatic heterocycles. The van der Waals surface area contributed by atoms with Gasteiger partial charge < -0.3 is 14.7 Å². The van der Waals surface area contributed by atoms with Crippen molar-refractivity contribution >= 4 is 23.0 Å². The number of aromatic nitrogens is 1. The number of nitrogens with zero attached hydrogens (tertiary/aromatic N) is 2. The number of aliphatic hydroxyl groups excluding tert-OH is 1. The fourth-order valence-electron chi connectivity index (χ4n) is 6.98. The number of carbonyl (C=O) groups excluding carboxylic acids is 2. The van der Waals surface area contributed by atoms with E-state index in [4.69, 9.17) is 4.74 Å². The Morgan fingerprint density at radius 3 is 2.42 bits per heavy atom. The number of Topliss-reactive ketones (excluding diaryl/α,β-unsaturated/α-hetero) is 1. The number of aryl methyl sites for hydroxylation is 1. The van der Waals surface area contributed by atoms with Crippen LogP contribution >= 0.6 is 11.3 Å². The minimum atomic E-state index is -0.628. The number of ketones is 1. The smallest absolute Gasteiger partial charge is 0.254 e. The van der Waals surface area contributed by atoms with E-state index in [0.29, 0.717) is 30.7 Å². The number of likely N-dealkylation sites (tertiary alicyclic amines) is 1. The maximum atomic E-state index is 13.8. The Bertz CT molecular complexity index is 1570. The molecule has 1 saturated carbocycles. The summed E-state index contributed by atoms with van der Waals surface area (Å²) >= 11 is 1.60. The van der Waals surface area contributed by atoms with Crippen LogP contribution in [-0.4, -0.2) is 45.4 Å². The van der Waals surface area contributed by atoms with Crippen LogP contribution < -0.4 is 0 Å². The lowest BCUT2D eigenvalue weighted by Crippen LogP contribution is -2.32. The van der Waals surface area contributed by atoms with Gasteiger partial charge in [0, 0.05) is 35.2 Å². The van der Waals surface area contributed by atoms with Crippen molar-refractivity contribution in [2.75, 3.05) is 6.54 Å². The number of thiazole rings is 1. The predicted molar refractivity (Wildman–Crippen MR) is 177 cm³/mol. The maximum absolute atomic E-state index is 13.8. The van der Waals surface area contributed by atoms with E-state index in [1.165, 1.54) is 0 Å². The summed E-state index contributed by atoms with van der Waals surface area (Å²) in [6.45, 7) is 3.23. The van der Waals surface area contributed by atoms with Crippen LogP contribution in [0.4, 0.5) is 0 Å². The van der Waals surface area contributed by atoms with Gasteiger partial charge in [0.1, 0.15) is 5.01 Å². The van der Waals surface area contributed by atoms with Crippen molar-refractivity contribution in [1.82, 2.24) is 9.88 Å². The molecule has 0 radical (unpaired) electrons. The number of benzene rings is 3. The first-order valence-corrected chi connectivity index (χ1v) is 17.1. The summed E-state index contributed by atoms with van der Waals surface area (Å²) in [6.07, 6.45) is 4.70. The van der Waals surface area contributed by atoms with Gasteiger partial charge in [-0.3, -0.25) is 9.59 Å². The number of hydrogen-bond donors (Lipinski definition) is 1. The van der Waals surface area contributed by atoms with Crippen molar-refractivity contribution in [2.45, 2.75) is 76.7 Å². The predicted octanol–water partition coefficient (Wildman–Crippen LogP) is 7.61. The zero-order chi connectivity index (χ0) is 31.2. The van der Waals surface area contributed by atoms with Crippen molar-refractivity contribution < 1.29 is 19.4 Å². The van der Waals surface area contributed by atoms with Crippen LogP contribution in [0.5, 0.6) is 0 Å². The summed E-state index contributed by atoms with van der Waals surface area (Å²) < 4.78 is 6.22. The van der Waals surface area contributed by atoms with E-state index in [0.717, 1.165) is 53.9 Å². The Morgan fingerprint density at radius 1 is 0.956 bits per heavy atom. The molecule has 1 saturated heterocycles. The Hall–Kier alpha value is -3.65. The van der Waals surface area contributed by atoms with E-state index in [9.17, 15) is 14.7 Å². The lowest BCUT2D eigenvalue weighted by molar-refractivity contribution is 0.0184. The van der Waals surface area contributed by atoms with Crippen LogP contribution in [0.2, 0.25) is 0 Å². The molecule has 1 N–H and O–H groups in total. The second-order valence-corrected chi connectivity index (χ2v) is 13.5. The maximum Gasteiger partial charge on any atom is 0.254 e. The molecule has 6 rings (SSSR count). The highest BCUT2D eigenvalue weighted by atomic mass is 32.1. The summed E-state index contributed by atoms with van der Waals surface area (Å²) in [6, 6.07) is 27.4. The SMILES string of the molecule is Cc1csc(C2CCCN2C(=O)c2cccc(C(=O)C[C@@H](Cc3ccccc3)[C@H](O)[C@@H]3CC[C@H](OCc4ccccc4)C3)c2)n1. The molecule has 5 atom stereocenters. The first kappa shape index (κ1) is 31.3. The highest BCUT2D eigenvalue weighted by Gasteiger charge is 2.36. The number of ether oxygens (including phenoxy) is 1. The quantitative estimate of drug-likeness (QED) is 0.165. The van der Waals surface area contributed by atoms with E-state index < -0.39 is 6.10 Å². The van der Waals surface area contributed by atoms with Gasteiger partial charge in [-0.15, -0.1) is 11.3 Å². The molecular formula is C38H42N2O4S. The van der Waals surface area contributed by atoms with E-state index in [1.807, 2.05) is 53.6 Å². The summed E-state index contributed by atoms with van der Waals surface area (Å²) in [4.78, 5) is 34.0. The second kappa shape index (κ2) is 14.6. The molecule has 0 spiro atoms. The highest BCUT2D eigenvalue weighted by Crippen LogP contribution is 2.37. The third kappa shape index (κ3) is 7.78. The Balaban J connectivity index is 1.14. The summed E-state index contributed by atoms with van der Waals surface area (Å²) in [5.41, 5.74) is 4.26.